The Hall–Kier alpha value is -4.52. The summed E-state index contributed by atoms with van der Waals surface area (Å²) in [5, 5.41) is 0.912. The number of rotatable bonds is 22. The third kappa shape index (κ3) is 17.0. The van der Waals surface area contributed by atoms with Crippen LogP contribution in [0.3, 0.4) is 0 Å². The molecule has 3 aromatic carbocycles. The first-order chi connectivity index (χ1) is 34.4. The fourth-order valence-corrected chi connectivity index (χ4v) is 8.68. The maximum atomic E-state index is 6.77. The number of fused-ring (bicyclic) bond motifs is 4. The van der Waals surface area contributed by atoms with Crippen LogP contribution >= 0.6 is 31.9 Å². The van der Waals surface area contributed by atoms with E-state index in [1.807, 2.05) is 13.0 Å². The standard InChI is InChI=1S/C53H67BrO4.C8H11Br.C5H12/c1-13-35(7)31-56-50-28-45-38(10)46(29-51(49(16-4)55-12)57-32-36(8)14-2)53(48(45)30-52(50)58-33-37(9)15-3)39(11)43(25-17-34(5)6)44-26-22-41(27-47(44)53)19-18-40-20-23-42(54)24-21-40;1-3-5-8(2)6-4-7-9;1-4-5(2)3/h17-30,35-38H,11,13-16,31-33H2,1-10,12H3;3-6H,1,7H2,2H3;5H,4H2,1-3H3/b19-18+,43-25+,46-29+,51-49-;6-4-,8-5-;. The zero-order valence-electron chi connectivity index (χ0n) is 46.9. The van der Waals surface area contributed by atoms with Crippen LogP contribution in [0.15, 0.2) is 149 Å². The zero-order chi connectivity index (χ0) is 53.5. The zero-order valence-corrected chi connectivity index (χ0v) is 50.1. The molecule has 0 fully saturated rings. The molecule has 0 radical (unpaired) electrons. The van der Waals surface area contributed by atoms with Crippen molar-refractivity contribution in [1.29, 1.82) is 0 Å². The number of hydrogen-bond donors (Lipinski definition) is 0. The SMILES string of the molecule is C=C/C=C(C)\C=C/CBr.C=C1/C(=C\C=C(C)C)c2ccc(/C=C/c3ccc(Br)cc3)cc2C12/C(=C/C(OCC(C)CC)=C(\CC)OC)C(C)c1cc(OCC(C)CC)c(OCC(C)CC)cc12.CCC(C)C. The average molecular weight is 1110 g/mol. The van der Waals surface area contributed by atoms with Crippen LogP contribution in [0.25, 0.3) is 17.7 Å². The molecule has 6 heteroatoms. The van der Waals surface area contributed by atoms with E-state index in [9.17, 15) is 0 Å². The molecule has 0 aliphatic heterocycles. The first-order valence-electron chi connectivity index (χ1n) is 26.6. The molecule has 0 aromatic heterocycles. The molecule has 3 aromatic rings. The van der Waals surface area contributed by atoms with E-state index in [4.69, 9.17) is 25.5 Å². The fourth-order valence-electron chi connectivity index (χ4n) is 8.23. The number of halogens is 2. The number of benzene rings is 3. The first kappa shape index (κ1) is 61.8. The predicted molar refractivity (Wildman–Crippen MR) is 321 cm³/mol. The van der Waals surface area contributed by atoms with Gasteiger partial charge in [0.05, 0.1) is 32.3 Å². The van der Waals surface area contributed by atoms with E-state index in [1.165, 1.54) is 45.4 Å². The van der Waals surface area contributed by atoms with Crippen molar-refractivity contribution >= 4 is 49.6 Å². The molecule has 0 amide bonds. The summed E-state index contributed by atoms with van der Waals surface area (Å²) in [4.78, 5) is 0. The Bertz CT molecular complexity index is 2430. The fraction of sp³-hybridized carbons (Fsp3) is 0.455. The van der Waals surface area contributed by atoms with Crippen molar-refractivity contribution in [3.63, 3.8) is 0 Å². The van der Waals surface area contributed by atoms with Crippen molar-refractivity contribution in [3.8, 4) is 11.5 Å². The lowest BCUT2D eigenvalue weighted by molar-refractivity contribution is 0.153. The van der Waals surface area contributed by atoms with Gasteiger partial charge in [0.1, 0.15) is 5.76 Å². The summed E-state index contributed by atoms with van der Waals surface area (Å²) < 4.78 is 27.3. The highest BCUT2D eigenvalue weighted by atomic mass is 79.9. The molecule has 4 nitrogen and oxygen atoms in total. The molecule has 0 N–H and O–H groups in total. The maximum Gasteiger partial charge on any atom is 0.161 e. The molecule has 0 saturated heterocycles. The van der Waals surface area contributed by atoms with Gasteiger partial charge in [-0.25, -0.2) is 0 Å². The van der Waals surface area contributed by atoms with Gasteiger partial charge >= 0.3 is 0 Å². The van der Waals surface area contributed by atoms with Gasteiger partial charge in [0, 0.05) is 22.1 Å². The van der Waals surface area contributed by atoms with Gasteiger partial charge in [-0.3, -0.25) is 0 Å². The second kappa shape index (κ2) is 31.3. The van der Waals surface area contributed by atoms with Crippen LogP contribution in [-0.2, 0) is 14.9 Å². The lowest BCUT2D eigenvalue weighted by atomic mass is 9.69. The molecule has 2 aliphatic carbocycles. The quantitative estimate of drug-likeness (QED) is 0.0435. The van der Waals surface area contributed by atoms with Crippen LogP contribution in [0.2, 0.25) is 0 Å². The Labute approximate surface area is 455 Å². The highest BCUT2D eigenvalue weighted by molar-refractivity contribution is 9.10. The summed E-state index contributed by atoms with van der Waals surface area (Å²) in [5.74, 6) is 5.29. The van der Waals surface area contributed by atoms with Crippen LogP contribution in [0, 0.1) is 23.7 Å². The van der Waals surface area contributed by atoms with E-state index < -0.39 is 5.41 Å². The van der Waals surface area contributed by atoms with Gasteiger partial charge in [0.15, 0.2) is 17.3 Å². The summed E-state index contributed by atoms with van der Waals surface area (Å²) in [7, 11) is 1.75. The molecular formula is C66H90Br2O4. The highest BCUT2D eigenvalue weighted by Crippen LogP contribution is 2.66. The van der Waals surface area contributed by atoms with Crippen molar-refractivity contribution in [2.45, 2.75) is 140 Å². The lowest BCUT2D eigenvalue weighted by Crippen LogP contribution is -2.27. The number of alkyl halides is 1. The Morgan fingerprint density at radius 2 is 1.32 bits per heavy atom. The molecule has 5 atom stereocenters. The molecule has 2 aliphatic rings. The number of ether oxygens (including phenoxy) is 4. The summed E-state index contributed by atoms with van der Waals surface area (Å²) in [6, 6.07) is 19.9. The minimum atomic E-state index is -0.714. The van der Waals surface area contributed by atoms with Gasteiger partial charge in [-0.2, -0.15) is 0 Å². The lowest BCUT2D eigenvalue weighted by Gasteiger charge is -2.32. The normalized spacial score (nSPS) is 18.8. The number of hydrogen-bond acceptors (Lipinski definition) is 4. The van der Waals surface area contributed by atoms with E-state index in [-0.39, 0.29) is 5.92 Å². The predicted octanol–water partition coefficient (Wildman–Crippen LogP) is 20.2. The van der Waals surface area contributed by atoms with Crippen molar-refractivity contribution < 1.29 is 18.9 Å². The largest absolute Gasteiger partial charge is 0.497 e. The highest BCUT2D eigenvalue weighted by Gasteiger charge is 2.55. The van der Waals surface area contributed by atoms with Crippen molar-refractivity contribution in [3.05, 3.63) is 182 Å². The van der Waals surface area contributed by atoms with E-state index in [0.29, 0.717) is 44.0 Å². The Balaban J connectivity index is 0.000000854. The molecule has 0 heterocycles. The smallest absolute Gasteiger partial charge is 0.161 e. The summed E-state index contributed by atoms with van der Waals surface area (Å²) in [6.45, 7) is 41.2. The minimum absolute atomic E-state index is 0.00362. The molecule has 0 bridgehead atoms. The second-order valence-corrected chi connectivity index (χ2v) is 21.8. The van der Waals surface area contributed by atoms with E-state index in [2.05, 4.69) is 226 Å². The molecule has 392 valence electrons. The van der Waals surface area contributed by atoms with Crippen LogP contribution in [0.1, 0.15) is 168 Å². The molecular weight excluding hydrogens is 1020 g/mol. The Morgan fingerprint density at radius 3 is 1.85 bits per heavy atom. The van der Waals surface area contributed by atoms with Crippen LogP contribution in [-0.4, -0.2) is 32.3 Å². The summed E-state index contributed by atoms with van der Waals surface area (Å²) in [6.07, 6.45) is 24.1. The summed E-state index contributed by atoms with van der Waals surface area (Å²) >= 11 is 6.87. The molecule has 0 saturated carbocycles. The van der Waals surface area contributed by atoms with Gasteiger partial charge in [0.25, 0.3) is 0 Å². The van der Waals surface area contributed by atoms with Gasteiger partial charge in [-0.15, -0.1) is 0 Å². The second-order valence-electron chi connectivity index (χ2n) is 20.3. The van der Waals surface area contributed by atoms with E-state index >= 15 is 0 Å². The van der Waals surface area contributed by atoms with Crippen LogP contribution < -0.4 is 9.47 Å². The van der Waals surface area contributed by atoms with E-state index in [1.54, 1.807) is 13.2 Å². The maximum absolute atomic E-state index is 6.77. The number of methoxy groups -OCH3 is 1. The minimum Gasteiger partial charge on any atom is -0.497 e. The van der Waals surface area contributed by atoms with Crippen molar-refractivity contribution in [2.75, 3.05) is 32.3 Å². The van der Waals surface area contributed by atoms with E-state index in [0.717, 1.165) is 80.3 Å². The molecule has 72 heavy (non-hydrogen) atoms. The first-order valence-corrected chi connectivity index (χ1v) is 28.5. The topological polar surface area (TPSA) is 36.9 Å². The van der Waals surface area contributed by atoms with Crippen LogP contribution in [0.5, 0.6) is 11.5 Å². The Kier molecular flexibility index (Phi) is 26.8. The number of allylic oxidation sites excluding steroid dienone is 13. The third-order valence-corrected chi connectivity index (χ3v) is 14.7. The van der Waals surface area contributed by atoms with Gasteiger partial charge < -0.3 is 18.9 Å². The van der Waals surface area contributed by atoms with Gasteiger partial charge in [-0.05, 0) is 131 Å². The van der Waals surface area contributed by atoms with Gasteiger partial charge in [0.2, 0.25) is 0 Å². The molecule has 5 unspecified atom stereocenters. The molecule has 5 rings (SSSR count). The van der Waals surface area contributed by atoms with Gasteiger partial charge in [-0.1, -0.05) is 231 Å². The summed E-state index contributed by atoms with van der Waals surface area (Å²) in [5.41, 5.74) is 12.2. The molecule has 1 spiro atoms. The monoisotopic (exact) mass is 1100 g/mol. The average Bonchev–Trinajstić information content (AvgIpc) is 3.76. The van der Waals surface area contributed by atoms with Crippen molar-refractivity contribution in [2.24, 2.45) is 23.7 Å². The Morgan fingerprint density at radius 1 is 0.750 bits per heavy atom. The third-order valence-electron chi connectivity index (χ3n) is 13.8. The van der Waals surface area contributed by atoms with Crippen LogP contribution in [0.4, 0.5) is 0 Å². The van der Waals surface area contributed by atoms with Crippen molar-refractivity contribution in [1.82, 2.24) is 0 Å².